The molecule has 1 unspecified atom stereocenters. The molecule has 1 aromatic heterocycles. The third-order valence-corrected chi connectivity index (χ3v) is 5.07. The number of ether oxygens (including phenoxy) is 1. The Morgan fingerprint density at radius 1 is 1.11 bits per heavy atom. The van der Waals surface area contributed by atoms with Gasteiger partial charge >= 0.3 is 0 Å². The van der Waals surface area contributed by atoms with Crippen LogP contribution in [0.4, 0.5) is 0 Å². The van der Waals surface area contributed by atoms with E-state index in [-0.39, 0.29) is 18.1 Å². The topological polar surface area (TPSA) is 94.3 Å². The van der Waals surface area contributed by atoms with E-state index in [9.17, 15) is 9.90 Å². The smallest absolute Gasteiger partial charge is 0.273 e. The van der Waals surface area contributed by atoms with Gasteiger partial charge in [0.05, 0.1) is 25.9 Å². The van der Waals surface area contributed by atoms with E-state index in [1.54, 1.807) is 0 Å². The Balaban J connectivity index is 1.37. The second kappa shape index (κ2) is 10.3. The molecule has 9 heteroatoms. The van der Waals surface area contributed by atoms with Crippen LogP contribution in [0.25, 0.3) is 0 Å². The van der Waals surface area contributed by atoms with Gasteiger partial charge in [-0.3, -0.25) is 19.5 Å². The monoisotopic (exact) mass is 395 g/mol. The number of amides is 1. The molecule has 2 aliphatic heterocycles. The van der Waals surface area contributed by atoms with Gasteiger partial charge in [-0.05, 0) is 13.8 Å². The van der Waals surface area contributed by atoms with Crippen molar-refractivity contribution in [3.63, 3.8) is 0 Å². The van der Waals surface area contributed by atoms with Crippen molar-refractivity contribution in [2.24, 2.45) is 0 Å². The first-order valence-electron chi connectivity index (χ1n) is 10.2. The molecule has 1 atom stereocenters. The molecule has 9 nitrogen and oxygen atoms in total. The van der Waals surface area contributed by atoms with E-state index in [0.717, 1.165) is 52.5 Å². The average molecular weight is 396 g/mol. The first-order valence-corrected chi connectivity index (χ1v) is 10.2. The van der Waals surface area contributed by atoms with Gasteiger partial charge < -0.3 is 19.6 Å². The summed E-state index contributed by atoms with van der Waals surface area (Å²) in [6, 6.07) is 0.0688. The number of hydrogen-bond donors (Lipinski definition) is 2. The number of piperazine rings is 1. The molecule has 2 fully saturated rings. The number of hydrogen-bond acceptors (Lipinski definition) is 8. The minimum Gasteiger partial charge on any atom is -0.447 e. The molecule has 0 saturated carbocycles. The summed E-state index contributed by atoms with van der Waals surface area (Å²) >= 11 is 0. The number of aromatic nitrogens is 1. The predicted octanol–water partition coefficient (Wildman–Crippen LogP) is -0.376. The molecule has 3 rings (SSSR count). The molecule has 0 spiro atoms. The van der Waals surface area contributed by atoms with Crippen LogP contribution < -0.4 is 5.32 Å². The van der Waals surface area contributed by atoms with E-state index in [1.165, 1.54) is 6.26 Å². The highest BCUT2D eigenvalue weighted by Gasteiger charge is 2.23. The maximum absolute atomic E-state index is 12.0. The van der Waals surface area contributed by atoms with Gasteiger partial charge in [0.25, 0.3) is 5.91 Å². The van der Waals surface area contributed by atoms with Gasteiger partial charge in [0.1, 0.15) is 6.26 Å². The number of β-amino-alcohol motifs (C(OH)–C–C–N with tert-alkyl or cyclic N) is 1. The number of carbonyl (C=O) groups excluding carboxylic acids is 1. The fourth-order valence-electron chi connectivity index (χ4n) is 3.58. The van der Waals surface area contributed by atoms with Crippen LogP contribution >= 0.6 is 0 Å². The Bertz CT molecular complexity index is 609. The highest BCUT2D eigenvalue weighted by molar-refractivity contribution is 5.92. The lowest BCUT2D eigenvalue weighted by molar-refractivity contribution is 0.00187. The van der Waals surface area contributed by atoms with Crippen LogP contribution in [-0.2, 0) is 11.3 Å². The van der Waals surface area contributed by atoms with Gasteiger partial charge in [-0.2, -0.15) is 0 Å². The molecular formula is C19H33N5O4. The molecule has 28 heavy (non-hydrogen) atoms. The van der Waals surface area contributed by atoms with Crippen molar-refractivity contribution >= 4 is 5.91 Å². The maximum atomic E-state index is 12.0. The maximum Gasteiger partial charge on any atom is 0.273 e. The molecular weight excluding hydrogens is 362 g/mol. The summed E-state index contributed by atoms with van der Waals surface area (Å²) in [6.07, 6.45) is 1.09. The average Bonchev–Trinajstić information content (AvgIpc) is 3.12. The van der Waals surface area contributed by atoms with E-state index in [2.05, 4.69) is 25.0 Å². The van der Waals surface area contributed by atoms with E-state index in [4.69, 9.17) is 9.15 Å². The second-order valence-electron chi connectivity index (χ2n) is 7.90. The Kier molecular flexibility index (Phi) is 7.81. The lowest BCUT2D eigenvalue weighted by Crippen LogP contribution is -2.50. The van der Waals surface area contributed by atoms with Crippen LogP contribution in [0.15, 0.2) is 10.7 Å². The van der Waals surface area contributed by atoms with Crippen molar-refractivity contribution in [3.05, 3.63) is 17.8 Å². The highest BCUT2D eigenvalue weighted by atomic mass is 16.5. The number of morpholine rings is 1. The number of aliphatic hydroxyl groups excluding tert-OH is 1. The second-order valence-corrected chi connectivity index (χ2v) is 7.90. The lowest BCUT2D eigenvalue weighted by Gasteiger charge is -2.36. The van der Waals surface area contributed by atoms with Crippen molar-refractivity contribution < 1.29 is 19.1 Å². The molecule has 0 aromatic carbocycles. The van der Waals surface area contributed by atoms with E-state index in [1.807, 2.05) is 13.8 Å². The Labute approximate surface area is 166 Å². The number of nitrogens with zero attached hydrogens (tertiary/aromatic N) is 4. The molecule has 158 valence electrons. The van der Waals surface area contributed by atoms with Crippen LogP contribution in [0, 0.1) is 0 Å². The van der Waals surface area contributed by atoms with Gasteiger partial charge in [0.2, 0.25) is 5.89 Å². The summed E-state index contributed by atoms with van der Waals surface area (Å²) in [5, 5.41) is 13.2. The minimum atomic E-state index is -0.335. The Hall–Kier alpha value is -1.52. The molecule has 3 heterocycles. The minimum absolute atomic E-state index is 0.0688. The Morgan fingerprint density at radius 2 is 1.71 bits per heavy atom. The molecule has 2 N–H and O–H groups in total. The van der Waals surface area contributed by atoms with Gasteiger partial charge in [0.15, 0.2) is 5.69 Å². The molecule has 0 radical (unpaired) electrons. The molecule has 1 aromatic rings. The predicted molar refractivity (Wildman–Crippen MR) is 104 cm³/mol. The zero-order valence-corrected chi connectivity index (χ0v) is 17.0. The lowest BCUT2D eigenvalue weighted by atomic mass is 10.2. The summed E-state index contributed by atoms with van der Waals surface area (Å²) < 4.78 is 10.8. The zero-order chi connectivity index (χ0) is 19.9. The van der Waals surface area contributed by atoms with Crippen LogP contribution in [0.5, 0.6) is 0 Å². The fourth-order valence-corrected chi connectivity index (χ4v) is 3.58. The highest BCUT2D eigenvalue weighted by Crippen LogP contribution is 2.10. The number of nitrogens with one attached hydrogen (secondary N) is 1. The number of oxazole rings is 1. The standard InChI is InChI=1S/C19H33N5O4/c1-15(2)20-19(26)17-14-28-18(21-17)13-23-5-3-22(4-6-23)11-16(25)12-24-7-9-27-10-8-24/h14-16,25H,3-13H2,1-2H3,(H,20,26). The SMILES string of the molecule is CC(C)NC(=O)c1coc(CN2CCN(CC(O)CN3CCOCC3)CC2)n1. The molecule has 2 saturated heterocycles. The fraction of sp³-hybridized carbons (Fsp3) is 0.789. The Morgan fingerprint density at radius 3 is 2.36 bits per heavy atom. The van der Waals surface area contributed by atoms with Gasteiger partial charge in [-0.15, -0.1) is 0 Å². The zero-order valence-electron chi connectivity index (χ0n) is 17.0. The number of carbonyl (C=O) groups is 1. The normalized spacial score (nSPS) is 21.1. The van der Waals surface area contributed by atoms with Crippen LogP contribution in [0.2, 0.25) is 0 Å². The van der Waals surface area contributed by atoms with Crippen molar-refractivity contribution in [1.29, 1.82) is 0 Å². The summed E-state index contributed by atoms with van der Waals surface area (Å²) in [5.74, 6) is 0.360. The first-order chi connectivity index (χ1) is 13.5. The summed E-state index contributed by atoms with van der Waals surface area (Å²) in [6.45, 7) is 12.7. The third-order valence-electron chi connectivity index (χ3n) is 5.07. The summed E-state index contributed by atoms with van der Waals surface area (Å²) in [7, 11) is 0. The van der Waals surface area contributed by atoms with Crippen LogP contribution in [-0.4, -0.2) is 108 Å². The summed E-state index contributed by atoms with van der Waals surface area (Å²) in [5.41, 5.74) is 0.327. The molecule has 0 bridgehead atoms. The van der Waals surface area contributed by atoms with E-state index in [0.29, 0.717) is 31.2 Å². The van der Waals surface area contributed by atoms with E-state index < -0.39 is 0 Å². The first kappa shape index (κ1) is 21.2. The number of aliphatic hydroxyl groups is 1. The van der Waals surface area contributed by atoms with Crippen molar-refractivity contribution in [3.8, 4) is 0 Å². The van der Waals surface area contributed by atoms with Crippen molar-refractivity contribution in [2.45, 2.75) is 32.5 Å². The van der Waals surface area contributed by atoms with Crippen LogP contribution in [0.1, 0.15) is 30.2 Å². The third kappa shape index (κ3) is 6.52. The largest absolute Gasteiger partial charge is 0.447 e. The van der Waals surface area contributed by atoms with Crippen molar-refractivity contribution in [2.75, 3.05) is 65.6 Å². The van der Waals surface area contributed by atoms with Gasteiger partial charge in [0, 0.05) is 58.4 Å². The van der Waals surface area contributed by atoms with Crippen molar-refractivity contribution in [1.82, 2.24) is 25.0 Å². The molecule has 1 amide bonds. The molecule has 2 aliphatic rings. The quantitative estimate of drug-likeness (QED) is 0.615. The van der Waals surface area contributed by atoms with E-state index >= 15 is 0 Å². The summed E-state index contributed by atoms with van der Waals surface area (Å²) in [4.78, 5) is 23.1. The van der Waals surface area contributed by atoms with Gasteiger partial charge in [-0.25, -0.2) is 4.98 Å². The van der Waals surface area contributed by atoms with Gasteiger partial charge in [-0.1, -0.05) is 0 Å². The van der Waals surface area contributed by atoms with Crippen LogP contribution in [0.3, 0.4) is 0 Å². The molecule has 0 aliphatic carbocycles. The number of rotatable bonds is 8.